The molecular formula is C17H17N5O2. The van der Waals surface area contributed by atoms with E-state index in [4.69, 9.17) is 4.74 Å². The zero-order chi connectivity index (χ0) is 16.8. The van der Waals surface area contributed by atoms with Gasteiger partial charge in [0.05, 0.1) is 6.54 Å². The van der Waals surface area contributed by atoms with E-state index in [9.17, 15) is 4.79 Å². The SMILES string of the molecule is COC(C(=O)NCc1nc(-c2cccnc2)n[nH]1)c1ccccc1. The van der Waals surface area contributed by atoms with Crippen LogP contribution in [0.4, 0.5) is 0 Å². The number of methoxy groups -OCH3 is 1. The molecule has 1 unspecified atom stereocenters. The van der Waals surface area contributed by atoms with Gasteiger partial charge in [-0.25, -0.2) is 4.98 Å². The highest BCUT2D eigenvalue weighted by molar-refractivity contribution is 5.82. The number of aromatic amines is 1. The number of carbonyl (C=O) groups is 1. The van der Waals surface area contributed by atoms with Crippen LogP contribution >= 0.6 is 0 Å². The Balaban J connectivity index is 1.63. The van der Waals surface area contributed by atoms with Crippen molar-refractivity contribution in [1.29, 1.82) is 0 Å². The second-order valence-electron chi connectivity index (χ2n) is 5.09. The van der Waals surface area contributed by atoms with Crippen LogP contribution in [0.15, 0.2) is 54.9 Å². The minimum absolute atomic E-state index is 0.233. The lowest BCUT2D eigenvalue weighted by Gasteiger charge is -2.14. The Morgan fingerprint density at radius 1 is 1.25 bits per heavy atom. The number of carbonyl (C=O) groups excluding carboxylic acids is 1. The maximum Gasteiger partial charge on any atom is 0.254 e. The first-order chi connectivity index (χ1) is 11.8. The maximum atomic E-state index is 12.3. The lowest BCUT2D eigenvalue weighted by Crippen LogP contribution is -2.30. The number of amides is 1. The standard InChI is InChI=1S/C17H17N5O2/c1-24-15(12-6-3-2-4-7-12)17(23)19-11-14-20-16(22-21-14)13-8-5-9-18-10-13/h2-10,15H,11H2,1H3,(H,19,23)(H,20,21,22). The predicted octanol–water partition coefficient (Wildman–Crippen LogP) is 1.87. The molecule has 122 valence electrons. The van der Waals surface area contributed by atoms with Gasteiger partial charge in [-0.3, -0.25) is 14.9 Å². The first-order valence-corrected chi connectivity index (χ1v) is 7.45. The predicted molar refractivity (Wildman–Crippen MR) is 87.7 cm³/mol. The second kappa shape index (κ2) is 7.47. The molecule has 1 amide bonds. The molecule has 0 bridgehead atoms. The molecule has 0 spiro atoms. The average Bonchev–Trinajstić information content (AvgIpc) is 3.11. The maximum absolute atomic E-state index is 12.3. The van der Waals surface area contributed by atoms with Crippen molar-refractivity contribution < 1.29 is 9.53 Å². The Morgan fingerprint density at radius 2 is 2.08 bits per heavy atom. The molecule has 0 fully saturated rings. The van der Waals surface area contributed by atoms with Crippen molar-refractivity contribution in [1.82, 2.24) is 25.5 Å². The molecular weight excluding hydrogens is 306 g/mol. The molecule has 0 saturated heterocycles. The summed E-state index contributed by atoms with van der Waals surface area (Å²) in [6.45, 7) is 0.235. The molecule has 3 rings (SSSR count). The van der Waals surface area contributed by atoms with Crippen LogP contribution in [-0.4, -0.2) is 33.2 Å². The summed E-state index contributed by atoms with van der Waals surface area (Å²) in [5, 5.41) is 9.74. The fourth-order valence-electron chi connectivity index (χ4n) is 2.28. The van der Waals surface area contributed by atoms with Crippen LogP contribution in [0, 0.1) is 0 Å². The summed E-state index contributed by atoms with van der Waals surface area (Å²) in [5.41, 5.74) is 1.61. The Labute approximate surface area is 139 Å². The van der Waals surface area contributed by atoms with Gasteiger partial charge in [0.2, 0.25) is 0 Å². The number of H-pyrrole nitrogens is 1. The first kappa shape index (κ1) is 15.8. The van der Waals surface area contributed by atoms with Crippen molar-refractivity contribution in [3.05, 3.63) is 66.2 Å². The largest absolute Gasteiger partial charge is 0.367 e. The van der Waals surface area contributed by atoms with Gasteiger partial charge in [-0.15, -0.1) is 0 Å². The molecule has 2 aromatic heterocycles. The monoisotopic (exact) mass is 323 g/mol. The lowest BCUT2D eigenvalue weighted by atomic mass is 10.1. The van der Waals surface area contributed by atoms with Crippen LogP contribution in [0.3, 0.4) is 0 Å². The third kappa shape index (κ3) is 3.64. The number of hydrogen-bond acceptors (Lipinski definition) is 5. The Bertz CT molecular complexity index is 789. The molecule has 0 aliphatic heterocycles. The molecule has 0 saturated carbocycles. The summed E-state index contributed by atoms with van der Waals surface area (Å²) in [5.74, 6) is 0.867. The van der Waals surface area contributed by atoms with Gasteiger partial charge in [-0.1, -0.05) is 30.3 Å². The van der Waals surface area contributed by atoms with Crippen molar-refractivity contribution >= 4 is 5.91 Å². The number of hydrogen-bond donors (Lipinski definition) is 2. The molecule has 1 aromatic carbocycles. The van der Waals surface area contributed by atoms with E-state index in [2.05, 4.69) is 25.5 Å². The first-order valence-electron chi connectivity index (χ1n) is 7.45. The fourth-order valence-corrected chi connectivity index (χ4v) is 2.28. The summed E-state index contributed by atoms with van der Waals surface area (Å²) in [7, 11) is 1.51. The van der Waals surface area contributed by atoms with Crippen LogP contribution in [0.2, 0.25) is 0 Å². The molecule has 7 heteroatoms. The molecule has 0 radical (unpaired) electrons. The lowest BCUT2D eigenvalue weighted by molar-refractivity contribution is -0.131. The van der Waals surface area contributed by atoms with Crippen molar-refractivity contribution in [3.8, 4) is 11.4 Å². The highest BCUT2D eigenvalue weighted by atomic mass is 16.5. The fraction of sp³-hybridized carbons (Fsp3) is 0.176. The summed E-state index contributed by atoms with van der Waals surface area (Å²) < 4.78 is 5.29. The van der Waals surface area contributed by atoms with Crippen LogP contribution in [0.25, 0.3) is 11.4 Å². The minimum Gasteiger partial charge on any atom is -0.367 e. The van der Waals surface area contributed by atoms with Crippen molar-refractivity contribution in [2.75, 3.05) is 7.11 Å². The average molecular weight is 323 g/mol. The van der Waals surface area contributed by atoms with E-state index < -0.39 is 6.10 Å². The third-order valence-corrected chi connectivity index (χ3v) is 3.46. The van der Waals surface area contributed by atoms with Crippen LogP contribution in [0.1, 0.15) is 17.5 Å². The number of rotatable bonds is 6. The number of nitrogens with zero attached hydrogens (tertiary/aromatic N) is 3. The van der Waals surface area contributed by atoms with Gasteiger partial charge < -0.3 is 10.1 Å². The van der Waals surface area contributed by atoms with Gasteiger partial charge >= 0.3 is 0 Å². The Hall–Kier alpha value is -3.06. The van der Waals surface area contributed by atoms with E-state index in [0.717, 1.165) is 11.1 Å². The summed E-state index contributed by atoms with van der Waals surface area (Å²) in [6, 6.07) is 13.0. The zero-order valence-electron chi connectivity index (χ0n) is 13.1. The molecule has 1 atom stereocenters. The molecule has 0 aliphatic rings. The Morgan fingerprint density at radius 3 is 2.79 bits per heavy atom. The Kier molecular flexibility index (Phi) is 4.93. The highest BCUT2D eigenvalue weighted by Crippen LogP contribution is 2.16. The van der Waals surface area contributed by atoms with E-state index in [0.29, 0.717) is 11.6 Å². The topological polar surface area (TPSA) is 92.8 Å². The summed E-state index contributed by atoms with van der Waals surface area (Å²) >= 11 is 0. The van der Waals surface area contributed by atoms with Gasteiger partial charge in [0.15, 0.2) is 11.9 Å². The number of benzene rings is 1. The van der Waals surface area contributed by atoms with E-state index in [-0.39, 0.29) is 12.5 Å². The normalized spacial score (nSPS) is 11.9. The molecule has 7 nitrogen and oxygen atoms in total. The molecule has 2 N–H and O–H groups in total. The quantitative estimate of drug-likeness (QED) is 0.722. The van der Waals surface area contributed by atoms with E-state index in [1.54, 1.807) is 12.4 Å². The second-order valence-corrected chi connectivity index (χ2v) is 5.09. The van der Waals surface area contributed by atoms with Crippen LogP contribution in [0.5, 0.6) is 0 Å². The van der Waals surface area contributed by atoms with Gasteiger partial charge in [-0.05, 0) is 17.7 Å². The summed E-state index contributed by atoms with van der Waals surface area (Å²) in [6.07, 6.45) is 2.71. The van der Waals surface area contributed by atoms with E-state index in [1.807, 2.05) is 42.5 Å². The molecule has 3 aromatic rings. The third-order valence-electron chi connectivity index (χ3n) is 3.46. The van der Waals surface area contributed by atoms with Gasteiger partial charge in [0, 0.05) is 25.1 Å². The smallest absolute Gasteiger partial charge is 0.254 e. The number of aromatic nitrogens is 4. The van der Waals surface area contributed by atoms with Crippen LogP contribution in [-0.2, 0) is 16.1 Å². The number of pyridine rings is 1. The minimum atomic E-state index is -0.660. The van der Waals surface area contributed by atoms with Gasteiger partial charge in [-0.2, -0.15) is 5.10 Å². The molecule has 2 heterocycles. The van der Waals surface area contributed by atoms with Crippen molar-refractivity contribution in [3.63, 3.8) is 0 Å². The van der Waals surface area contributed by atoms with E-state index in [1.165, 1.54) is 7.11 Å². The molecule has 24 heavy (non-hydrogen) atoms. The van der Waals surface area contributed by atoms with Gasteiger partial charge in [0.1, 0.15) is 5.82 Å². The number of nitrogens with one attached hydrogen (secondary N) is 2. The zero-order valence-corrected chi connectivity index (χ0v) is 13.1. The molecule has 0 aliphatic carbocycles. The van der Waals surface area contributed by atoms with Gasteiger partial charge in [0.25, 0.3) is 5.91 Å². The van der Waals surface area contributed by atoms with E-state index >= 15 is 0 Å². The van der Waals surface area contributed by atoms with Crippen molar-refractivity contribution in [2.24, 2.45) is 0 Å². The van der Waals surface area contributed by atoms with Crippen LogP contribution < -0.4 is 5.32 Å². The van der Waals surface area contributed by atoms with Crippen molar-refractivity contribution in [2.45, 2.75) is 12.6 Å². The number of ether oxygens (including phenoxy) is 1. The highest BCUT2D eigenvalue weighted by Gasteiger charge is 2.19. The summed E-state index contributed by atoms with van der Waals surface area (Å²) in [4.78, 5) is 20.7.